The highest BCUT2D eigenvalue weighted by molar-refractivity contribution is 8.00. The van der Waals surface area contributed by atoms with Crippen LogP contribution in [0.1, 0.15) is 15.9 Å². The van der Waals surface area contributed by atoms with Crippen LogP contribution in [0.2, 0.25) is 0 Å². The molecular weight excluding hydrogens is 290 g/mol. The average Bonchev–Trinajstić information content (AvgIpc) is 2.88. The smallest absolute Gasteiger partial charge is 0.151 e. The van der Waals surface area contributed by atoms with E-state index in [2.05, 4.69) is 4.98 Å². The number of hydrogen-bond donors (Lipinski definition) is 0. The number of nitrogens with zero attached hydrogens (tertiary/aromatic N) is 1. The summed E-state index contributed by atoms with van der Waals surface area (Å²) in [5, 5.41) is 11.0. The maximum Gasteiger partial charge on any atom is 0.151 e. The van der Waals surface area contributed by atoms with Crippen molar-refractivity contribution < 1.29 is 9.90 Å². The van der Waals surface area contributed by atoms with E-state index in [1.807, 2.05) is 36.4 Å². The van der Waals surface area contributed by atoms with E-state index >= 15 is 0 Å². The Morgan fingerprint density at radius 2 is 1.90 bits per heavy atom. The summed E-state index contributed by atoms with van der Waals surface area (Å²) in [6.45, 7) is 0. The molecule has 0 bridgehead atoms. The number of thioether (sulfide) groups is 1. The lowest BCUT2D eigenvalue weighted by molar-refractivity contribution is -0.255. The van der Waals surface area contributed by atoms with Crippen LogP contribution in [-0.4, -0.2) is 11.0 Å². The number of aromatic carboxylic acids is 1. The third-order valence-corrected chi connectivity index (χ3v) is 5.09. The summed E-state index contributed by atoms with van der Waals surface area (Å²) in [7, 11) is 0. The summed E-state index contributed by atoms with van der Waals surface area (Å²) in [6.07, 6.45) is 0. The largest absolute Gasteiger partial charge is 0.545 e. The molecule has 0 unspecified atom stereocenters. The Kier molecular flexibility index (Phi) is 3.71. The summed E-state index contributed by atoms with van der Waals surface area (Å²) >= 11 is 3.17. The molecule has 0 saturated carbocycles. The minimum atomic E-state index is -1.13. The number of aromatic nitrogens is 1. The van der Waals surface area contributed by atoms with Gasteiger partial charge in [0.15, 0.2) is 4.34 Å². The van der Waals surface area contributed by atoms with Gasteiger partial charge in [-0.2, -0.15) is 0 Å². The zero-order valence-corrected chi connectivity index (χ0v) is 12.0. The molecule has 0 aliphatic heterocycles. The number of benzene rings is 2. The molecule has 0 atom stereocenters. The number of carbonyl (C=O) groups excluding carboxylic acids is 1. The first-order valence-corrected chi connectivity index (χ1v) is 7.82. The third-order valence-electron chi connectivity index (χ3n) is 2.86. The first kappa shape index (κ1) is 13.1. The zero-order chi connectivity index (χ0) is 13.9. The van der Waals surface area contributed by atoms with Crippen molar-refractivity contribution in [3.05, 3.63) is 59.7 Å². The maximum atomic E-state index is 11.0. The molecule has 20 heavy (non-hydrogen) atoms. The standard InChI is InChI=1S/C15H11NO2S2/c17-14(18)11-6-2-1-5-10(11)9-19-15-16-12-7-3-4-8-13(12)20-15/h1-8H,9H2,(H,17,18)/p-1. The number of fused-ring (bicyclic) bond motifs is 1. The fourth-order valence-electron chi connectivity index (χ4n) is 1.90. The number of para-hydroxylation sites is 1. The lowest BCUT2D eigenvalue weighted by Crippen LogP contribution is -2.23. The second kappa shape index (κ2) is 5.64. The summed E-state index contributed by atoms with van der Waals surface area (Å²) in [6, 6.07) is 14.9. The highest BCUT2D eigenvalue weighted by Crippen LogP contribution is 2.31. The van der Waals surface area contributed by atoms with Crippen molar-refractivity contribution in [1.82, 2.24) is 4.98 Å². The van der Waals surface area contributed by atoms with Crippen LogP contribution in [-0.2, 0) is 5.75 Å². The lowest BCUT2D eigenvalue weighted by atomic mass is 10.1. The van der Waals surface area contributed by atoms with E-state index in [9.17, 15) is 9.90 Å². The van der Waals surface area contributed by atoms with Crippen LogP contribution in [0.15, 0.2) is 52.9 Å². The molecule has 3 nitrogen and oxygen atoms in total. The Morgan fingerprint density at radius 1 is 1.15 bits per heavy atom. The Bertz CT molecular complexity index is 734. The van der Waals surface area contributed by atoms with Crippen molar-refractivity contribution in [2.45, 2.75) is 10.1 Å². The molecule has 2 aromatic carbocycles. The van der Waals surface area contributed by atoms with Gasteiger partial charge in [-0.3, -0.25) is 0 Å². The number of carboxylic acids is 1. The second-order valence-electron chi connectivity index (χ2n) is 4.18. The van der Waals surface area contributed by atoms with E-state index in [-0.39, 0.29) is 5.56 Å². The molecular formula is C15H10NO2S2-. The van der Waals surface area contributed by atoms with Gasteiger partial charge in [-0.05, 0) is 17.7 Å². The molecule has 0 amide bonds. The topological polar surface area (TPSA) is 53.0 Å². The van der Waals surface area contributed by atoms with Gasteiger partial charge < -0.3 is 9.90 Å². The van der Waals surface area contributed by atoms with Crippen LogP contribution in [0.4, 0.5) is 0 Å². The van der Waals surface area contributed by atoms with Gasteiger partial charge in [0, 0.05) is 11.3 Å². The Labute approximate surface area is 124 Å². The van der Waals surface area contributed by atoms with Crippen molar-refractivity contribution in [2.75, 3.05) is 0 Å². The van der Waals surface area contributed by atoms with Gasteiger partial charge in [-0.15, -0.1) is 11.3 Å². The molecule has 100 valence electrons. The second-order valence-corrected chi connectivity index (χ2v) is 6.43. The van der Waals surface area contributed by atoms with Crippen LogP contribution in [0.25, 0.3) is 10.2 Å². The minimum absolute atomic E-state index is 0.251. The number of rotatable bonds is 4. The minimum Gasteiger partial charge on any atom is -0.545 e. The van der Waals surface area contributed by atoms with E-state index < -0.39 is 5.97 Å². The average molecular weight is 300 g/mol. The molecule has 1 aromatic heterocycles. The van der Waals surface area contributed by atoms with Gasteiger partial charge >= 0.3 is 0 Å². The molecule has 1 heterocycles. The molecule has 0 spiro atoms. The summed E-state index contributed by atoms with van der Waals surface area (Å²) < 4.78 is 2.09. The number of hydrogen-bond acceptors (Lipinski definition) is 5. The molecule has 0 aliphatic rings. The van der Waals surface area contributed by atoms with Crippen LogP contribution >= 0.6 is 23.1 Å². The molecule has 0 aliphatic carbocycles. The molecule has 0 N–H and O–H groups in total. The van der Waals surface area contributed by atoms with Gasteiger partial charge in [0.25, 0.3) is 0 Å². The van der Waals surface area contributed by atoms with E-state index in [4.69, 9.17) is 0 Å². The van der Waals surface area contributed by atoms with Crippen molar-refractivity contribution in [3.8, 4) is 0 Å². The van der Waals surface area contributed by atoms with Gasteiger partial charge in [-0.1, -0.05) is 48.2 Å². The number of thiazole rings is 1. The molecule has 0 radical (unpaired) electrons. The molecule has 0 fully saturated rings. The fourth-order valence-corrected chi connectivity index (χ4v) is 3.97. The Hall–Kier alpha value is -1.85. The lowest BCUT2D eigenvalue weighted by Gasteiger charge is -2.08. The Morgan fingerprint density at radius 3 is 2.70 bits per heavy atom. The molecule has 0 saturated heterocycles. The number of carboxylic acid groups (broad SMARTS) is 1. The van der Waals surface area contributed by atoms with E-state index in [1.165, 1.54) is 0 Å². The van der Waals surface area contributed by atoms with Gasteiger partial charge in [-0.25, -0.2) is 4.98 Å². The first-order chi connectivity index (χ1) is 9.74. The molecule has 3 rings (SSSR count). The van der Waals surface area contributed by atoms with E-state index in [0.29, 0.717) is 5.75 Å². The van der Waals surface area contributed by atoms with Gasteiger partial charge in [0.2, 0.25) is 0 Å². The monoisotopic (exact) mass is 300 g/mol. The SMILES string of the molecule is O=C([O-])c1ccccc1CSc1nc2ccccc2s1. The number of carbonyl (C=O) groups is 1. The van der Waals surface area contributed by atoms with Crippen molar-refractivity contribution in [3.63, 3.8) is 0 Å². The predicted octanol–water partition coefficient (Wildman–Crippen LogP) is 2.95. The summed E-state index contributed by atoms with van der Waals surface area (Å²) in [4.78, 5) is 15.6. The van der Waals surface area contributed by atoms with E-state index in [0.717, 1.165) is 20.1 Å². The van der Waals surface area contributed by atoms with Crippen LogP contribution < -0.4 is 5.11 Å². The predicted molar refractivity (Wildman–Crippen MR) is 80.0 cm³/mol. The van der Waals surface area contributed by atoms with Gasteiger partial charge in [0.1, 0.15) is 0 Å². The Balaban J connectivity index is 1.81. The van der Waals surface area contributed by atoms with E-state index in [1.54, 1.807) is 35.2 Å². The highest BCUT2D eigenvalue weighted by Gasteiger charge is 2.07. The van der Waals surface area contributed by atoms with Crippen molar-refractivity contribution >= 4 is 39.3 Å². The van der Waals surface area contributed by atoms with Crippen molar-refractivity contribution in [1.29, 1.82) is 0 Å². The van der Waals surface area contributed by atoms with Crippen LogP contribution in [0.5, 0.6) is 0 Å². The first-order valence-electron chi connectivity index (χ1n) is 6.01. The quantitative estimate of drug-likeness (QED) is 0.695. The van der Waals surface area contributed by atoms with Crippen LogP contribution in [0.3, 0.4) is 0 Å². The van der Waals surface area contributed by atoms with Crippen LogP contribution in [0, 0.1) is 0 Å². The fraction of sp³-hybridized carbons (Fsp3) is 0.0667. The summed E-state index contributed by atoms with van der Waals surface area (Å²) in [5.41, 5.74) is 1.99. The zero-order valence-electron chi connectivity index (χ0n) is 10.4. The molecule has 3 aromatic rings. The normalized spacial score (nSPS) is 10.8. The third kappa shape index (κ3) is 2.69. The summed E-state index contributed by atoms with van der Waals surface area (Å²) in [5.74, 6) is -0.560. The van der Waals surface area contributed by atoms with Gasteiger partial charge in [0.05, 0.1) is 16.2 Å². The molecule has 5 heteroatoms. The van der Waals surface area contributed by atoms with Crippen molar-refractivity contribution in [2.24, 2.45) is 0 Å². The maximum absolute atomic E-state index is 11.0. The highest BCUT2D eigenvalue weighted by atomic mass is 32.2.